The smallest absolute Gasteiger partial charge is 0.244 e. The third kappa shape index (κ3) is 6.59. The minimum absolute atomic E-state index is 0.0993. The first kappa shape index (κ1) is 29.8. The summed E-state index contributed by atoms with van der Waals surface area (Å²) >= 11 is 0. The number of carbonyl (C=O) groups excluding carboxylic acids is 3. The summed E-state index contributed by atoms with van der Waals surface area (Å²) in [5.41, 5.74) is 2.24. The van der Waals surface area contributed by atoms with Gasteiger partial charge in [0.25, 0.3) is 0 Å². The molecule has 0 bridgehead atoms. The summed E-state index contributed by atoms with van der Waals surface area (Å²) in [6, 6.07) is 18.3. The number of carbonyl (C=O) groups is 3. The lowest BCUT2D eigenvalue weighted by Crippen LogP contribution is -2.47. The normalized spacial score (nSPS) is 11.4. The first-order valence-electron chi connectivity index (χ1n) is 13.6. The molecule has 42 heavy (non-hydrogen) atoms. The van der Waals surface area contributed by atoms with Gasteiger partial charge in [0.2, 0.25) is 17.7 Å². The van der Waals surface area contributed by atoms with Gasteiger partial charge in [-0.25, -0.2) is 5.48 Å². The Morgan fingerprint density at radius 2 is 1.36 bits per heavy atom. The van der Waals surface area contributed by atoms with Crippen LogP contribution in [0.1, 0.15) is 32.1 Å². The van der Waals surface area contributed by atoms with Gasteiger partial charge in [-0.15, -0.1) is 0 Å². The number of fused-ring (bicyclic) bond motifs is 2. The maximum absolute atomic E-state index is 14.4. The molecule has 3 amide bonds. The van der Waals surface area contributed by atoms with Gasteiger partial charge in [-0.1, -0.05) is 80.6 Å². The fraction of sp³-hybridized carbons (Fsp3) is 0.182. The Balaban J connectivity index is 1.75. The molecule has 0 saturated heterocycles. The Bertz CT molecular complexity index is 1560. The molecule has 9 heteroatoms. The molecule has 0 aliphatic rings. The van der Waals surface area contributed by atoms with Crippen LogP contribution in [0.2, 0.25) is 0 Å². The second-order valence-corrected chi connectivity index (χ2v) is 9.79. The lowest BCUT2D eigenvalue weighted by molar-refractivity contribution is -0.135. The molecule has 0 fully saturated rings. The van der Waals surface area contributed by atoms with Gasteiger partial charge in [0, 0.05) is 29.6 Å². The van der Waals surface area contributed by atoms with Crippen LogP contribution in [0.25, 0.3) is 21.8 Å². The van der Waals surface area contributed by atoms with E-state index < -0.39 is 23.1 Å². The first-order chi connectivity index (χ1) is 20.4. The molecule has 4 rings (SSSR count). The van der Waals surface area contributed by atoms with Crippen LogP contribution in [0.5, 0.6) is 0 Å². The summed E-state index contributed by atoms with van der Waals surface area (Å²) in [7, 11) is 0. The van der Waals surface area contributed by atoms with Crippen molar-refractivity contribution in [2.24, 2.45) is 5.41 Å². The zero-order valence-corrected chi connectivity index (χ0v) is 23.2. The Labute approximate surface area is 244 Å². The van der Waals surface area contributed by atoms with Crippen molar-refractivity contribution >= 4 is 50.9 Å². The molecule has 4 N–H and O–H groups in total. The third-order valence-corrected chi connectivity index (χ3v) is 7.10. The maximum atomic E-state index is 14.4. The van der Waals surface area contributed by atoms with Crippen LogP contribution < -0.4 is 16.1 Å². The van der Waals surface area contributed by atoms with E-state index in [1.165, 1.54) is 0 Å². The molecule has 0 aliphatic carbocycles. The highest BCUT2D eigenvalue weighted by Crippen LogP contribution is 2.38. The van der Waals surface area contributed by atoms with Gasteiger partial charge in [-0.2, -0.15) is 0 Å². The maximum Gasteiger partial charge on any atom is 0.244 e. The van der Waals surface area contributed by atoms with E-state index in [1.807, 2.05) is 48.5 Å². The molecule has 0 saturated carbocycles. The quantitative estimate of drug-likeness (QED) is 0.0511. The lowest BCUT2D eigenvalue weighted by Gasteiger charge is -2.32. The van der Waals surface area contributed by atoms with Crippen molar-refractivity contribution in [1.29, 1.82) is 0 Å². The SMILES string of the molecule is C=C/C=C\C(=C)C(CCCCCC(=O)NO)(C(=O)Nc1cccc2cccnc12)C(=O)Nc1cccc2cccnc12. The van der Waals surface area contributed by atoms with E-state index in [2.05, 4.69) is 33.8 Å². The standard InChI is InChI=1S/C33H33N5O4/c1-3-4-12-23(2)33(20-7-5-6-19-28(39)38-42,31(40)36-26-17-8-13-24-15-10-21-34-29(24)26)32(41)37-27-18-9-14-25-16-11-22-35-30(25)27/h3-4,8-18,21-22,42H,1-2,5-7,19-20H2,(H,36,40)(H,37,41)(H,38,39)/b12-4-. The molecule has 4 aromatic rings. The van der Waals surface area contributed by atoms with Gasteiger partial charge >= 0.3 is 0 Å². The lowest BCUT2D eigenvalue weighted by atomic mass is 9.74. The van der Waals surface area contributed by atoms with E-state index in [9.17, 15) is 14.4 Å². The summed E-state index contributed by atoms with van der Waals surface area (Å²) in [6.45, 7) is 7.89. The molecular weight excluding hydrogens is 530 g/mol. The number of hydrogen-bond acceptors (Lipinski definition) is 6. The van der Waals surface area contributed by atoms with Gasteiger partial charge < -0.3 is 10.6 Å². The number of allylic oxidation sites excluding steroid dienone is 3. The molecule has 0 spiro atoms. The predicted octanol–water partition coefficient (Wildman–Crippen LogP) is 6.10. The van der Waals surface area contributed by atoms with Crippen molar-refractivity contribution in [3.63, 3.8) is 0 Å². The Kier molecular flexibility index (Phi) is 9.91. The van der Waals surface area contributed by atoms with Crippen molar-refractivity contribution in [3.05, 3.63) is 110 Å². The van der Waals surface area contributed by atoms with E-state index in [-0.39, 0.29) is 18.4 Å². The van der Waals surface area contributed by atoms with Crippen LogP contribution in [-0.2, 0) is 14.4 Å². The first-order valence-corrected chi connectivity index (χ1v) is 13.6. The van der Waals surface area contributed by atoms with Gasteiger partial charge in [0.1, 0.15) is 0 Å². The van der Waals surface area contributed by atoms with E-state index in [0.29, 0.717) is 41.7 Å². The molecule has 0 aliphatic heterocycles. The summed E-state index contributed by atoms with van der Waals surface area (Å²) in [6.07, 6.45) is 9.67. The number of nitrogens with zero attached hydrogens (tertiary/aromatic N) is 2. The van der Waals surface area contributed by atoms with E-state index in [0.717, 1.165) is 10.8 Å². The molecule has 2 aromatic carbocycles. The number of amides is 3. The van der Waals surface area contributed by atoms with Crippen molar-refractivity contribution in [2.75, 3.05) is 10.6 Å². The number of para-hydroxylation sites is 2. The Morgan fingerprint density at radius 3 is 1.88 bits per heavy atom. The average Bonchev–Trinajstić information content (AvgIpc) is 3.01. The van der Waals surface area contributed by atoms with E-state index >= 15 is 0 Å². The van der Waals surface area contributed by atoms with Crippen LogP contribution in [0, 0.1) is 5.41 Å². The monoisotopic (exact) mass is 563 g/mol. The number of unbranched alkanes of at least 4 members (excludes halogenated alkanes) is 2. The molecule has 2 heterocycles. The highest BCUT2D eigenvalue weighted by Gasteiger charge is 2.47. The number of benzene rings is 2. The molecule has 9 nitrogen and oxygen atoms in total. The van der Waals surface area contributed by atoms with Crippen LogP contribution >= 0.6 is 0 Å². The molecule has 2 aromatic heterocycles. The number of rotatable bonds is 13. The van der Waals surface area contributed by atoms with Crippen LogP contribution in [0.4, 0.5) is 11.4 Å². The number of aromatic nitrogens is 2. The fourth-order valence-electron chi connectivity index (χ4n) is 4.89. The largest absolute Gasteiger partial charge is 0.323 e. The molecule has 0 atom stereocenters. The van der Waals surface area contributed by atoms with Crippen LogP contribution in [0.3, 0.4) is 0 Å². The number of nitrogens with one attached hydrogen (secondary N) is 3. The van der Waals surface area contributed by atoms with Gasteiger partial charge in [-0.3, -0.25) is 29.6 Å². The second kappa shape index (κ2) is 14.0. The van der Waals surface area contributed by atoms with Crippen LogP contribution in [0.15, 0.2) is 110 Å². The Morgan fingerprint density at radius 1 is 0.810 bits per heavy atom. The fourth-order valence-corrected chi connectivity index (χ4v) is 4.89. The average molecular weight is 564 g/mol. The van der Waals surface area contributed by atoms with Crippen LogP contribution in [-0.4, -0.2) is 32.9 Å². The topological polar surface area (TPSA) is 133 Å². The molecule has 0 radical (unpaired) electrons. The second-order valence-electron chi connectivity index (χ2n) is 9.79. The number of pyridine rings is 2. The minimum atomic E-state index is -1.74. The highest BCUT2D eigenvalue weighted by molar-refractivity contribution is 6.19. The van der Waals surface area contributed by atoms with Crippen molar-refractivity contribution in [2.45, 2.75) is 32.1 Å². The van der Waals surface area contributed by atoms with E-state index in [1.54, 1.807) is 48.2 Å². The Hall–Kier alpha value is -5.15. The molecule has 214 valence electrons. The predicted molar refractivity (Wildman–Crippen MR) is 165 cm³/mol. The number of anilines is 2. The summed E-state index contributed by atoms with van der Waals surface area (Å²) in [5.74, 6) is -1.64. The summed E-state index contributed by atoms with van der Waals surface area (Å²) in [4.78, 5) is 49.1. The zero-order valence-electron chi connectivity index (χ0n) is 23.2. The zero-order chi connectivity index (χ0) is 30.0. The molecular formula is C33H33N5O4. The van der Waals surface area contributed by atoms with Crippen molar-refractivity contribution in [3.8, 4) is 0 Å². The van der Waals surface area contributed by atoms with Crippen molar-refractivity contribution in [1.82, 2.24) is 15.4 Å². The highest BCUT2D eigenvalue weighted by atomic mass is 16.5. The number of hydrogen-bond donors (Lipinski definition) is 4. The minimum Gasteiger partial charge on any atom is -0.323 e. The van der Waals surface area contributed by atoms with Gasteiger partial charge in [-0.05, 0) is 42.7 Å². The third-order valence-electron chi connectivity index (χ3n) is 7.10. The van der Waals surface area contributed by atoms with Crippen molar-refractivity contribution < 1.29 is 19.6 Å². The van der Waals surface area contributed by atoms with Gasteiger partial charge in [0.15, 0.2) is 5.41 Å². The van der Waals surface area contributed by atoms with E-state index in [4.69, 9.17) is 5.21 Å². The van der Waals surface area contributed by atoms with Gasteiger partial charge in [0.05, 0.1) is 22.4 Å². The number of hydroxylamine groups is 1. The molecule has 0 unspecified atom stereocenters. The summed E-state index contributed by atoms with van der Waals surface area (Å²) in [5, 5.41) is 16.4. The summed E-state index contributed by atoms with van der Waals surface area (Å²) < 4.78 is 0.